The Morgan fingerprint density at radius 1 is 1.47 bits per heavy atom. The van der Waals surface area contributed by atoms with Gasteiger partial charge in [0, 0.05) is 0 Å². The van der Waals surface area contributed by atoms with E-state index in [9.17, 15) is 8.42 Å². The van der Waals surface area contributed by atoms with Gasteiger partial charge in [-0.2, -0.15) is 10.4 Å². The second-order valence-electron chi connectivity index (χ2n) is 3.53. The van der Waals surface area contributed by atoms with Crippen molar-refractivity contribution >= 4 is 27.1 Å². The number of benzene rings is 1. The molecule has 0 aliphatic carbocycles. The summed E-state index contributed by atoms with van der Waals surface area (Å²) in [6.45, 7) is 1.57. The molecule has 0 radical (unpaired) electrons. The molecule has 0 saturated heterocycles. The molecule has 0 aliphatic heterocycles. The lowest BCUT2D eigenvalue weighted by molar-refractivity contribution is 0.597. The van der Waals surface area contributed by atoms with Gasteiger partial charge < -0.3 is 5.73 Å². The number of hydrogen-bond acceptors (Lipinski definition) is 6. The predicted octanol–water partition coefficient (Wildman–Crippen LogP) is 0.708. The smallest absolute Gasteiger partial charge is 0.201 e. The number of nitriles is 1. The van der Waals surface area contributed by atoms with Crippen LogP contribution in [0, 0.1) is 16.7 Å². The molecule has 100 valence electrons. The molecule has 19 heavy (non-hydrogen) atoms. The first-order valence-corrected chi connectivity index (χ1v) is 6.97. The molecular weight excluding hydrogens is 266 g/mol. The van der Waals surface area contributed by atoms with E-state index in [1.54, 1.807) is 13.0 Å². The normalized spacial score (nSPS) is 11.7. The van der Waals surface area contributed by atoms with Gasteiger partial charge in [-0.3, -0.25) is 10.8 Å². The molecule has 4 N–H and O–H groups in total. The zero-order chi connectivity index (χ0) is 14.5. The van der Waals surface area contributed by atoms with Gasteiger partial charge in [0.15, 0.2) is 15.7 Å². The molecule has 8 heteroatoms. The van der Waals surface area contributed by atoms with Crippen LogP contribution in [-0.4, -0.2) is 25.7 Å². The summed E-state index contributed by atoms with van der Waals surface area (Å²) in [6, 6.07) is 7.57. The van der Waals surface area contributed by atoms with Crippen molar-refractivity contribution in [2.75, 3.05) is 11.2 Å². The third-order valence-electron chi connectivity index (χ3n) is 2.25. The first kappa shape index (κ1) is 14.7. The Hall–Kier alpha value is -2.40. The molecule has 0 spiro atoms. The van der Waals surface area contributed by atoms with Gasteiger partial charge in [0.1, 0.15) is 6.07 Å². The molecule has 0 bridgehead atoms. The number of amidine groups is 1. The van der Waals surface area contributed by atoms with Crippen LogP contribution in [-0.2, 0) is 9.84 Å². The number of nitrogens with two attached hydrogens (primary N) is 1. The summed E-state index contributed by atoms with van der Waals surface area (Å²) in [6.07, 6.45) is 0. The molecule has 0 aromatic heterocycles. The van der Waals surface area contributed by atoms with E-state index in [2.05, 4.69) is 10.5 Å². The minimum Gasteiger partial charge on any atom is -0.382 e. The highest BCUT2D eigenvalue weighted by Gasteiger charge is 2.10. The molecule has 1 aromatic rings. The summed E-state index contributed by atoms with van der Waals surface area (Å²) in [7, 11) is -3.23. The quantitative estimate of drug-likeness (QED) is 0.414. The van der Waals surface area contributed by atoms with E-state index >= 15 is 0 Å². The summed E-state index contributed by atoms with van der Waals surface area (Å²) in [4.78, 5) is 0.219. The van der Waals surface area contributed by atoms with Crippen LogP contribution < -0.4 is 11.2 Å². The van der Waals surface area contributed by atoms with Gasteiger partial charge in [-0.1, -0.05) is 6.92 Å². The minimum atomic E-state index is -3.23. The van der Waals surface area contributed by atoms with Crippen molar-refractivity contribution in [1.82, 2.24) is 0 Å². The van der Waals surface area contributed by atoms with E-state index in [-0.39, 0.29) is 16.4 Å². The topological polar surface area (TPSA) is 132 Å². The predicted molar refractivity (Wildman–Crippen MR) is 72.8 cm³/mol. The minimum absolute atomic E-state index is 0.0286. The number of rotatable bonds is 5. The Balaban J connectivity index is 2.91. The lowest BCUT2D eigenvalue weighted by atomic mass is 10.3. The van der Waals surface area contributed by atoms with Crippen molar-refractivity contribution in [2.45, 2.75) is 11.8 Å². The van der Waals surface area contributed by atoms with Gasteiger partial charge in [0.05, 0.1) is 16.3 Å². The zero-order valence-electron chi connectivity index (χ0n) is 10.2. The maximum Gasteiger partial charge on any atom is 0.201 e. The molecule has 1 aromatic carbocycles. The second kappa shape index (κ2) is 5.97. The fraction of sp³-hybridized carbons (Fsp3) is 0.182. The van der Waals surface area contributed by atoms with Gasteiger partial charge >= 0.3 is 0 Å². The van der Waals surface area contributed by atoms with Gasteiger partial charge in [-0.25, -0.2) is 8.42 Å². The van der Waals surface area contributed by atoms with Crippen molar-refractivity contribution in [3.05, 3.63) is 24.3 Å². The van der Waals surface area contributed by atoms with Crippen LogP contribution in [0.4, 0.5) is 5.69 Å². The first-order chi connectivity index (χ1) is 8.90. The van der Waals surface area contributed by atoms with Crippen molar-refractivity contribution in [3.8, 4) is 6.07 Å². The summed E-state index contributed by atoms with van der Waals surface area (Å²) in [5.74, 6) is -0.416. The van der Waals surface area contributed by atoms with E-state index in [0.29, 0.717) is 5.69 Å². The standard InChI is InChI=1S/C11H13N5O2S/c1-2-19(17,18)9-5-3-8(4-6-9)15-16-10(7-12)11(13)14/h3-6,15H,2H2,1H3,(H3,13,14)/b16-10+. The highest BCUT2D eigenvalue weighted by atomic mass is 32.2. The third kappa shape index (κ3) is 3.79. The Kier molecular flexibility index (Phi) is 4.61. The molecule has 0 saturated carbocycles. The number of anilines is 1. The van der Waals surface area contributed by atoms with Crippen LogP contribution in [0.5, 0.6) is 0 Å². The Morgan fingerprint density at radius 2 is 2.05 bits per heavy atom. The fourth-order valence-electron chi connectivity index (χ4n) is 1.17. The van der Waals surface area contributed by atoms with Crippen molar-refractivity contribution in [3.63, 3.8) is 0 Å². The first-order valence-electron chi connectivity index (χ1n) is 5.31. The van der Waals surface area contributed by atoms with E-state index in [0.717, 1.165) is 0 Å². The number of nitrogens with one attached hydrogen (secondary N) is 2. The maximum absolute atomic E-state index is 11.6. The molecule has 0 heterocycles. The van der Waals surface area contributed by atoms with Crippen LogP contribution >= 0.6 is 0 Å². The van der Waals surface area contributed by atoms with E-state index < -0.39 is 15.7 Å². The average molecular weight is 279 g/mol. The van der Waals surface area contributed by atoms with Crippen LogP contribution in [0.15, 0.2) is 34.3 Å². The van der Waals surface area contributed by atoms with Gasteiger partial charge in [-0.15, -0.1) is 0 Å². The largest absolute Gasteiger partial charge is 0.382 e. The molecule has 0 unspecified atom stereocenters. The van der Waals surface area contributed by atoms with E-state index in [4.69, 9.17) is 16.4 Å². The lowest BCUT2D eigenvalue weighted by Crippen LogP contribution is -2.21. The van der Waals surface area contributed by atoms with Crippen LogP contribution in [0.25, 0.3) is 0 Å². The summed E-state index contributed by atoms with van der Waals surface area (Å²) >= 11 is 0. The Morgan fingerprint density at radius 3 is 2.47 bits per heavy atom. The monoisotopic (exact) mass is 279 g/mol. The third-order valence-corrected chi connectivity index (χ3v) is 4.00. The number of sulfone groups is 1. The van der Waals surface area contributed by atoms with Crippen LogP contribution in [0.3, 0.4) is 0 Å². The summed E-state index contributed by atoms with van der Waals surface area (Å²) in [5, 5.41) is 19.3. The average Bonchev–Trinajstić information content (AvgIpc) is 2.39. The SMILES string of the molecule is CCS(=O)(=O)c1ccc(N/N=C(\C#N)C(=N)N)cc1. The van der Waals surface area contributed by atoms with E-state index in [1.165, 1.54) is 24.3 Å². The molecule has 0 atom stereocenters. The maximum atomic E-state index is 11.6. The summed E-state index contributed by atoms with van der Waals surface area (Å²) < 4.78 is 23.2. The number of hydrogen-bond donors (Lipinski definition) is 3. The van der Waals surface area contributed by atoms with Crippen molar-refractivity contribution in [2.24, 2.45) is 10.8 Å². The molecule has 7 nitrogen and oxygen atoms in total. The van der Waals surface area contributed by atoms with Crippen LogP contribution in [0.2, 0.25) is 0 Å². The van der Waals surface area contributed by atoms with Gasteiger partial charge in [0.2, 0.25) is 5.71 Å². The lowest BCUT2D eigenvalue weighted by Gasteiger charge is -2.04. The zero-order valence-corrected chi connectivity index (χ0v) is 11.0. The number of hydrazone groups is 1. The van der Waals surface area contributed by atoms with Crippen molar-refractivity contribution in [1.29, 1.82) is 10.7 Å². The van der Waals surface area contributed by atoms with Crippen molar-refractivity contribution < 1.29 is 8.42 Å². The van der Waals surface area contributed by atoms with Gasteiger partial charge in [-0.05, 0) is 24.3 Å². The fourth-order valence-corrected chi connectivity index (χ4v) is 2.05. The Bertz CT molecular complexity index is 641. The second-order valence-corrected chi connectivity index (χ2v) is 5.80. The highest BCUT2D eigenvalue weighted by molar-refractivity contribution is 7.91. The summed E-state index contributed by atoms with van der Waals surface area (Å²) in [5.41, 5.74) is 7.89. The Labute approximate surface area is 111 Å². The van der Waals surface area contributed by atoms with Gasteiger partial charge in [0.25, 0.3) is 0 Å². The van der Waals surface area contributed by atoms with E-state index in [1.807, 2.05) is 0 Å². The molecule has 0 aliphatic rings. The molecule has 0 amide bonds. The van der Waals surface area contributed by atoms with Crippen LogP contribution in [0.1, 0.15) is 6.92 Å². The number of nitrogens with zero attached hydrogens (tertiary/aromatic N) is 2. The highest BCUT2D eigenvalue weighted by Crippen LogP contribution is 2.15. The molecular formula is C11H13N5O2S. The molecule has 1 rings (SSSR count). The molecule has 0 fully saturated rings.